The van der Waals surface area contributed by atoms with Crippen LogP contribution in [0.2, 0.25) is 0 Å². The molecule has 0 spiro atoms. The molecule has 0 radical (unpaired) electrons. The number of esters is 2. The van der Waals surface area contributed by atoms with Gasteiger partial charge in [-0.1, -0.05) is 112 Å². The van der Waals surface area contributed by atoms with E-state index in [1.54, 1.807) is 21.1 Å². The van der Waals surface area contributed by atoms with Gasteiger partial charge in [-0.05, 0) is 64.2 Å². The molecule has 0 saturated carbocycles. The molecule has 0 bridgehead atoms. The predicted octanol–water partition coefficient (Wildman–Crippen LogP) is 8.29. The summed E-state index contributed by atoms with van der Waals surface area (Å²) in [6, 6.07) is -0.742. The Morgan fingerprint density at radius 3 is 1.74 bits per heavy atom. The van der Waals surface area contributed by atoms with Crippen molar-refractivity contribution in [2.24, 2.45) is 0 Å². The number of hydrogen-bond acceptors (Lipinski definition) is 7. The molecule has 8 heteroatoms. The molecule has 0 aliphatic heterocycles. The number of hydrogen-bond donors (Lipinski definition) is 0. The fourth-order valence-electron chi connectivity index (χ4n) is 4.88. The summed E-state index contributed by atoms with van der Waals surface area (Å²) in [5, 5.41) is 11.6. The molecule has 0 fully saturated rings. The molecule has 284 valence electrons. The zero-order valence-electron chi connectivity index (χ0n) is 32.0. The summed E-state index contributed by atoms with van der Waals surface area (Å²) in [5.41, 5.74) is 0. The molecule has 0 aromatic heterocycles. The van der Waals surface area contributed by atoms with E-state index in [0.717, 1.165) is 77.0 Å². The second-order valence-electron chi connectivity index (χ2n) is 13.4. The molecule has 0 rings (SSSR count). The number of unbranched alkanes of at least 4 members (excludes halogenated alkanes) is 6. The van der Waals surface area contributed by atoms with Crippen LogP contribution in [0.4, 0.5) is 0 Å². The monoisotopic (exact) mass is 700 g/mol. The maximum atomic E-state index is 12.6. The lowest BCUT2D eigenvalue weighted by atomic mass is 10.1. The summed E-state index contributed by atoms with van der Waals surface area (Å²) in [4.78, 5) is 36.6. The molecule has 0 saturated heterocycles. The highest BCUT2D eigenvalue weighted by molar-refractivity contribution is 5.70. The van der Waals surface area contributed by atoms with Crippen molar-refractivity contribution in [3.05, 3.63) is 72.9 Å². The zero-order chi connectivity index (χ0) is 37.1. The first kappa shape index (κ1) is 46.8. The fraction of sp³-hybridized carbons (Fsp3) is 0.643. The van der Waals surface area contributed by atoms with Gasteiger partial charge in [0.25, 0.3) is 0 Å². The zero-order valence-corrected chi connectivity index (χ0v) is 32.0. The Kier molecular flexibility index (Phi) is 30.8. The predicted molar refractivity (Wildman–Crippen MR) is 203 cm³/mol. The van der Waals surface area contributed by atoms with Crippen LogP contribution >= 0.6 is 0 Å². The Balaban J connectivity index is 4.58. The molecule has 0 aromatic carbocycles. The van der Waals surface area contributed by atoms with Gasteiger partial charge in [0.2, 0.25) is 0 Å². The molecule has 2 atom stereocenters. The SMILES string of the molecule is CC/C=C\C/C=C\C/C=C\C/C=C\CCC(=O)OC(COCCC(C(=O)[O-])[N+](C)(C)C)COC(=O)CCCCCCC/C=C\C/C=C\CCC. The summed E-state index contributed by atoms with van der Waals surface area (Å²) >= 11 is 0. The number of carboxylic acids is 1. The van der Waals surface area contributed by atoms with Crippen LogP contribution in [0.25, 0.3) is 0 Å². The third-order valence-electron chi connectivity index (χ3n) is 7.82. The van der Waals surface area contributed by atoms with E-state index in [9.17, 15) is 19.5 Å². The third-order valence-corrected chi connectivity index (χ3v) is 7.82. The second-order valence-corrected chi connectivity index (χ2v) is 13.4. The second kappa shape index (κ2) is 32.9. The summed E-state index contributed by atoms with van der Waals surface area (Å²) in [6.07, 6.45) is 39.4. The van der Waals surface area contributed by atoms with Gasteiger partial charge >= 0.3 is 11.9 Å². The standard InChI is InChI=1S/C42H69NO7/c1-6-8-10-12-14-16-18-20-22-24-26-28-30-32-40(44)49-37-38(36-48-35-34-39(42(46)47)43(3,4)5)50-41(45)33-31-29-27-25-23-21-19-17-15-13-11-9-7-2/h9-12,15-18,21,23,27,29,38-39H,6-8,13-14,19-20,22,24-26,28,30-37H2,1-5H3/b11-9-,12-10-,17-15-,18-16-,23-21-,29-27-. The van der Waals surface area contributed by atoms with Gasteiger partial charge < -0.3 is 28.6 Å². The third kappa shape index (κ3) is 30.8. The van der Waals surface area contributed by atoms with E-state index in [-0.39, 0.29) is 43.1 Å². The smallest absolute Gasteiger partial charge is 0.306 e. The lowest BCUT2D eigenvalue weighted by Crippen LogP contribution is -2.55. The molecular weight excluding hydrogens is 630 g/mol. The van der Waals surface area contributed by atoms with Crippen molar-refractivity contribution in [3.63, 3.8) is 0 Å². The Morgan fingerprint density at radius 1 is 0.620 bits per heavy atom. The van der Waals surface area contributed by atoms with Gasteiger partial charge in [0.05, 0.1) is 40.3 Å². The number of carboxylic acid groups (broad SMARTS) is 1. The minimum absolute atomic E-state index is 0.00335. The molecule has 0 amide bonds. The number of likely N-dealkylation sites (N-methyl/N-ethyl adjacent to an activating group) is 1. The van der Waals surface area contributed by atoms with Crippen LogP contribution in [-0.4, -0.2) is 75.5 Å². The Hall–Kier alpha value is -3.23. The minimum Gasteiger partial charge on any atom is -0.544 e. The normalized spacial score (nSPS) is 13.9. The van der Waals surface area contributed by atoms with Crippen molar-refractivity contribution in [2.75, 3.05) is 41.0 Å². The van der Waals surface area contributed by atoms with Crippen LogP contribution in [0.3, 0.4) is 0 Å². The molecule has 2 unspecified atom stereocenters. The Morgan fingerprint density at radius 2 is 1.16 bits per heavy atom. The van der Waals surface area contributed by atoms with E-state index in [2.05, 4.69) is 74.6 Å². The largest absolute Gasteiger partial charge is 0.544 e. The van der Waals surface area contributed by atoms with Gasteiger partial charge in [0.1, 0.15) is 12.6 Å². The van der Waals surface area contributed by atoms with Crippen molar-refractivity contribution in [1.82, 2.24) is 0 Å². The maximum Gasteiger partial charge on any atom is 0.306 e. The van der Waals surface area contributed by atoms with Gasteiger partial charge in [0.15, 0.2) is 6.10 Å². The number of quaternary nitrogens is 1. The van der Waals surface area contributed by atoms with Crippen LogP contribution in [0, 0.1) is 0 Å². The van der Waals surface area contributed by atoms with Crippen LogP contribution in [-0.2, 0) is 28.6 Å². The lowest BCUT2D eigenvalue weighted by Gasteiger charge is -2.34. The van der Waals surface area contributed by atoms with Crippen molar-refractivity contribution in [1.29, 1.82) is 0 Å². The number of nitrogens with zero attached hydrogens (tertiary/aromatic N) is 1. The highest BCUT2D eigenvalue weighted by Gasteiger charge is 2.25. The van der Waals surface area contributed by atoms with Gasteiger partial charge in [-0.3, -0.25) is 9.59 Å². The van der Waals surface area contributed by atoms with Crippen LogP contribution in [0.5, 0.6) is 0 Å². The molecule has 0 aliphatic rings. The van der Waals surface area contributed by atoms with E-state index < -0.39 is 24.1 Å². The summed E-state index contributed by atoms with van der Waals surface area (Å²) < 4.78 is 17.0. The molecule has 0 aromatic rings. The molecule has 0 aliphatic carbocycles. The first-order chi connectivity index (χ1) is 24.1. The number of allylic oxidation sites excluding steroid dienone is 12. The van der Waals surface area contributed by atoms with E-state index >= 15 is 0 Å². The van der Waals surface area contributed by atoms with Gasteiger partial charge in [0, 0.05) is 19.3 Å². The number of carbonyl (C=O) groups is 3. The van der Waals surface area contributed by atoms with E-state index in [1.807, 2.05) is 12.2 Å². The number of aliphatic carboxylic acids is 1. The maximum absolute atomic E-state index is 12.6. The lowest BCUT2D eigenvalue weighted by molar-refractivity contribution is -0.889. The highest BCUT2D eigenvalue weighted by atomic mass is 16.6. The quantitative estimate of drug-likeness (QED) is 0.0301. The molecule has 0 heterocycles. The summed E-state index contributed by atoms with van der Waals surface area (Å²) in [7, 11) is 5.36. The molecule has 0 N–H and O–H groups in total. The van der Waals surface area contributed by atoms with Crippen molar-refractivity contribution in [3.8, 4) is 0 Å². The topological polar surface area (TPSA) is 102 Å². The van der Waals surface area contributed by atoms with Gasteiger partial charge in [-0.2, -0.15) is 0 Å². The average molecular weight is 700 g/mol. The Labute approximate surface area is 304 Å². The number of ether oxygens (including phenoxy) is 3. The highest BCUT2D eigenvalue weighted by Crippen LogP contribution is 2.11. The molecule has 8 nitrogen and oxygen atoms in total. The fourth-order valence-corrected chi connectivity index (χ4v) is 4.88. The molecular formula is C42H69NO7. The van der Waals surface area contributed by atoms with E-state index in [1.165, 1.54) is 6.42 Å². The first-order valence-corrected chi connectivity index (χ1v) is 19.0. The van der Waals surface area contributed by atoms with Crippen molar-refractivity contribution >= 4 is 17.9 Å². The summed E-state index contributed by atoms with van der Waals surface area (Å²) in [5.74, 6) is -1.87. The van der Waals surface area contributed by atoms with Crippen LogP contribution < -0.4 is 5.11 Å². The van der Waals surface area contributed by atoms with E-state index in [4.69, 9.17) is 14.2 Å². The number of rotatable bonds is 32. The molecule has 50 heavy (non-hydrogen) atoms. The Bertz CT molecular complexity index is 1050. The van der Waals surface area contributed by atoms with Crippen LogP contribution in [0.15, 0.2) is 72.9 Å². The van der Waals surface area contributed by atoms with Crippen molar-refractivity contribution in [2.45, 2.75) is 135 Å². The summed E-state index contributed by atoms with van der Waals surface area (Å²) in [6.45, 7) is 4.35. The van der Waals surface area contributed by atoms with Gasteiger partial charge in [-0.15, -0.1) is 0 Å². The van der Waals surface area contributed by atoms with Crippen LogP contribution in [0.1, 0.15) is 123 Å². The van der Waals surface area contributed by atoms with Gasteiger partial charge in [-0.25, -0.2) is 0 Å². The first-order valence-electron chi connectivity index (χ1n) is 19.0. The average Bonchev–Trinajstić information content (AvgIpc) is 3.06. The minimum atomic E-state index is -1.14. The van der Waals surface area contributed by atoms with E-state index in [0.29, 0.717) is 12.8 Å². The van der Waals surface area contributed by atoms with Crippen molar-refractivity contribution < 1.29 is 38.2 Å². The number of carbonyl (C=O) groups excluding carboxylic acids is 3.